The summed E-state index contributed by atoms with van der Waals surface area (Å²) in [6.07, 6.45) is 1.67. The van der Waals surface area contributed by atoms with Crippen LogP contribution in [0, 0.1) is 13.8 Å². The molecule has 130 valence electrons. The molecule has 1 saturated heterocycles. The van der Waals surface area contributed by atoms with Crippen LogP contribution >= 0.6 is 11.8 Å². The van der Waals surface area contributed by atoms with E-state index < -0.39 is 15.9 Å². The van der Waals surface area contributed by atoms with Gasteiger partial charge in [-0.2, -0.15) is 0 Å². The molecule has 7 nitrogen and oxygen atoms in total. The largest absolute Gasteiger partial charge is 0.318 e. The average Bonchev–Trinajstić information content (AvgIpc) is 2.98. The molecule has 1 aliphatic heterocycles. The molecule has 0 atom stereocenters. The summed E-state index contributed by atoms with van der Waals surface area (Å²) >= 11 is 0.865. The van der Waals surface area contributed by atoms with E-state index in [9.17, 15) is 18.0 Å². The van der Waals surface area contributed by atoms with Gasteiger partial charge in [0.15, 0.2) is 0 Å². The molecule has 3 rings (SSSR count). The van der Waals surface area contributed by atoms with Crippen LogP contribution in [-0.2, 0) is 14.8 Å². The van der Waals surface area contributed by atoms with Crippen LogP contribution in [0.3, 0.4) is 0 Å². The number of carbonyl (C=O) groups excluding carboxylic acids is 2. The third-order valence-corrected chi connectivity index (χ3v) is 5.56. The number of aromatic nitrogens is 1. The molecule has 2 aromatic rings. The van der Waals surface area contributed by atoms with Crippen LogP contribution in [0.25, 0.3) is 11.8 Å². The number of thioether (sulfide) groups is 1. The molecular formula is C16H15N3O4S2. The predicted octanol–water partition coefficient (Wildman–Crippen LogP) is 2.07. The van der Waals surface area contributed by atoms with Gasteiger partial charge in [0.05, 0.1) is 9.80 Å². The minimum absolute atomic E-state index is 0.0404. The highest BCUT2D eigenvalue weighted by atomic mass is 32.2. The first kappa shape index (κ1) is 17.5. The Morgan fingerprint density at radius 2 is 1.80 bits per heavy atom. The summed E-state index contributed by atoms with van der Waals surface area (Å²) in [7, 11) is -3.74. The summed E-state index contributed by atoms with van der Waals surface area (Å²) in [6.45, 7) is 3.78. The Kier molecular flexibility index (Phi) is 4.31. The molecule has 1 aromatic carbocycles. The Hall–Kier alpha value is -2.36. The van der Waals surface area contributed by atoms with E-state index in [0.717, 1.165) is 34.4 Å². The lowest BCUT2D eigenvalue weighted by atomic mass is 10.2. The Morgan fingerprint density at radius 1 is 1.16 bits per heavy atom. The molecule has 3 N–H and O–H groups in total. The number of nitrogens with two attached hydrogens (primary N) is 1. The van der Waals surface area contributed by atoms with Crippen molar-refractivity contribution in [2.45, 2.75) is 18.7 Å². The zero-order valence-corrected chi connectivity index (χ0v) is 15.1. The summed E-state index contributed by atoms with van der Waals surface area (Å²) in [6, 6.07) is 8.11. The highest BCUT2D eigenvalue weighted by Crippen LogP contribution is 2.29. The van der Waals surface area contributed by atoms with Gasteiger partial charge < -0.3 is 4.57 Å². The van der Waals surface area contributed by atoms with Crippen molar-refractivity contribution in [2.75, 3.05) is 0 Å². The maximum absolute atomic E-state index is 11.7. The molecule has 25 heavy (non-hydrogen) atoms. The van der Waals surface area contributed by atoms with E-state index in [1.54, 1.807) is 18.2 Å². The van der Waals surface area contributed by atoms with Crippen LogP contribution < -0.4 is 10.5 Å². The van der Waals surface area contributed by atoms with Crippen molar-refractivity contribution in [1.82, 2.24) is 9.88 Å². The van der Waals surface area contributed by atoms with Crippen LogP contribution in [0.5, 0.6) is 0 Å². The fraction of sp³-hybridized carbons (Fsp3) is 0.125. The Bertz CT molecular complexity index is 1020. The van der Waals surface area contributed by atoms with Crippen molar-refractivity contribution in [3.8, 4) is 5.69 Å². The number of nitrogens with zero attached hydrogens (tertiary/aromatic N) is 1. The van der Waals surface area contributed by atoms with E-state index in [-0.39, 0.29) is 10.1 Å². The van der Waals surface area contributed by atoms with Crippen molar-refractivity contribution in [1.29, 1.82) is 0 Å². The number of sulfonamides is 1. The van der Waals surface area contributed by atoms with Gasteiger partial charge in [-0.15, -0.1) is 0 Å². The van der Waals surface area contributed by atoms with Gasteiger partial charge in [0, 0.05) is 17.1 Å². The predicted molar refractivity (Wildman–Crippen MR) is 95.7 cm³/mol. The highest BCUT2D eigenvalue weighted by molar-refractivity contribution is 8.18. The molecule has 2 heterocycles. The molecular weight excluding hydrogens is 362 g/mol. The number of aryl methyl sites for hydroxylation is 1. The van der Waals surface area contributed by atoms with Crippen LogP contribution in [-0.4, -0.2) is 24.1 Å². The quantitative estimate of drug-likeness (QED) is 0.796. The number of rotatable bonds is 3. The second-order valence-electron chi connectivity index (χ2n) is 5.55. The van der Waals surface area contributed by atoms with Gasteiger partial charge in [0.2, 0.25) is 10.0 Å². The van der Waals surface area contributed by atoms with Gasteiger partial charge >= 0.3 is 0 Å². The van der Waals surface area contributed by atoms with Gasteiger partial charge in [-0.05, 0) is 67.6 Å². The number of amides is 2. The number of carbonyl (C=O) groups is 2. The fourth-order valence-electron chi connectivity index (χ4n) is 2.68. The summed E-state index contributed by atoms with van der Waals surface area (Å²) in [5.74, 6) is -0.405. The molecule has 2 amide bonds. The third kappa shape index (κ3) is 3.39. The smallest absolute Gasteiger partial charge is 0.290 e. The molecule has 0 spiro atoms. The van der Waals surface area contributed by atoms with E-state index in [1.807, 2.05) is 24.5 Å². The van der Waals surface area contributed by atoms with E-state index in [1.165, 1.54) is 12.1 Å². The first-order valence-electron chi connectivity index (χ1n) is 7.24. The van der Waals surface area contributed by atoms with E-state index >= 15 is 0 Å². The topological polar surface area (TPSA) is 111 Å². The molecule has 0 aliphatic carbocycles. The van der Waals surface area contributed by atoms with Gasteiger partial charge in [-0.1, -0.05) is 0 Å². The number of benzene rings is 1. The molecule has 0 saturated carbocycles. The zero-order valence-electron chi connectivity index (χ0n) is 13.4. The number of hydrogen-bond acceptors (Lipinski definition) is 5. The maximum Gasteiger partial charge on any atom is 0.290 e. The molecule has 9 heteroatoms. The minimum atomic E-state index is -3.74. The van der Waals surface area contributed by atoms with Crippen LogP contribution in [0.2, 0.25) is 0 Å². The molecule has 1 aromatic heterocycles. The summed E-state index contributed by atoms with van der Waals surface area (Å²) in [5, 5.41) is 6.95. The first-order valence-corrected chi connectivity index (χ1v) is 9.60. The SMILES string of the molecule is Cc1cc(C=C2SC(=O)NC2=O)c(C)n1-c1ccc(S(N)(=O)=O)cc1. The second kappa shape index (κ2) is 6.17. The number of imide groups is 1. The third-order valence-electron chi connectivity index (χ3n) is 3.82. The Morgan fingerprint density at radius 3 is 2.32 bits per heavy atom. The van der Waals surface area contributed by atoms with E-state index in [4.69, 9.17) is 5.14 Å². The second-order valence-corrected chi connectivity index (χ2v) is 8.13. The van der Waals surface area contributed by atoms with Gasteiger partial charge in [-0.25, -0.2) is 13.6 Å². The van der Waals surface area contributed by atoms with Crippen LogP contribution in [0.15, 0.2) is 40.1 Å². The molecule has 1 aliphatic rings. The molecule has 1 fully saturated rings. The van der Waals surface area contributed by atoms with Gasteiger partial charge in [-0.3, -0.25) is 14.9 Å². The lowest BCUT2D eigenvalue weighted by Crippen LogP contribution is -2.17. The van der Waals surface area contributed by atoms with Crippen molar-refractivity contribution in [2.24, 2.45) is 5.14 Å². The highest BCUT2D eigenvalue weighted by Gasteiger charge is 2.25. The molecule has 0 bridgehead atoms. The van der Waals surface area contributed by atoms with Crippen molar-refractivity contribution in [3.63, 3.8) is 0 Å². The lowest BCUT2D eigenvalue weighted by molar-refractivity contribution is -0.115. The van der Waals surface area contributed by atoms with E-state index in [0.29, 0.717) is 4.91 Å². The lowest BCUT2D eigenvalue weighted by Gasteiger charge is -2.10. The fourth-order valence-corrected chi connectivity index (χ4v) is 3.87. The number of nitrogens with one attached hydrogen (secondary N) is 1. The maximum atomic E-state index is 11.7. The minimum Gasteiger partial charge on any atom is -0.318 e. The molecule has 0 unspecified atom stereocenters. The average molecular weight is 377 g/mol. The van der Waals surface area contributed by atoms with Crippen molar-refractivity contribution >= 4 is 39.0 Å². The Labute approximate surface area is 148 Å². The van der Waals surface area contributed by atoms with Crippen molar-refractivity contribution in [3.05, 3.63) is 52.2 Å². The van der Waals surface area contributed by atoms with Crippen LogP contribution in [0.4, 0.5) is 4.79 Å². The monoisotopic (exact) mass is 377 g/mol. The van der Waals surface area contributed by atoms with Crippen LogP contribution in [0.1, 0.15) is 17.0 Å². The summed E-state index contributed by atoms with van der Waals surface area (Å²) in [4.78, 5) is 23.4. The number of hydrogen-bond donors (Lipinski definition) is 2. The van der Waals surface area contributed by atoms with E-state index in [2.05, 4.69) is 5.32 Å². The normalized spacial score (nSPS) is 16.5. The standard InChI is InChI=1S/C16H15N3O4S2/c1-9-7-11(8-14-15(20)18-16(21)24-14)10(2)19(9)12-3-5-13(6-4-12)25(17,22)23/h3-8H,1-2H3,(H2,17,22,23)(H,18,20,21). The van der Waals surface area contributed by atoms with Crippen molar-refractivity contribution < 1.29 is 18.0 Å². The summed E-state index contributed by atoms with van der Waals surface area (Å²) < 4.78 is 24.7. The van der Waals surface area contributed by atoms with Gasteiger partial charge in [0.1, 0.15) is 0 Å². The molecule has 0 radical (unpaired) electrons. The zero-order chi connectivity index (χ0) is 18.4. The first-order chi connectivity index (χ1) is 11.7. The number of primary sulfonamides is 1. The Balaban J connectivity index is 2.02. The summed E-state index contributed by atoms with van der Waals surface area (Å²) in [5.41, 5.74) is 3.34. The van der Waals surface area contributed by atoms with Gasteiger partial charge in [0.25, 0.3) is 11.1 Å².